The van der Waals surface area contributed by atoms with Crippen molar-refractivity contribution in [1.29, 1.82) is 0 Å². The number of nitrogens with zero attached hydrogens (tertiary/aromatic N) is 2. The van der Waals surface area contributed by atoms with Gasteiger partial charge in [0.15, 0.2) is 0 Å². The van der Waals surface area contributed by atoms with Crippen LogP contribution in [0, 0.1) is 12.7 Å². The Bertz CT molecular complexity index is 1150. The largest absolute Gasteiger partial charge is 0.360 e. The van der Waals surface area contributed by atoms with E-state index in [1.807, 2.05) is 20.2 Å². The van der Waals surface area contributed by atoms with Gasteiger partial charge in [-0.2, -0.15) is 0 Å². The van der Waals surface area contributed by atoms with Gasteiger partial charge in [0, 0.05) is 17.1 Å². The Labute approximate surface area is 215 Å². The van der Waals surface area contributed by atoms with Crippen molar-refractivity contribution in [1.82, 2.24) is 15.4 Å². The summed E-state index contributed by atoms with van der Waals surface area (Å²) in [5, 5.41) is 8.00. The third kappa shape index (κ3) is 4.96. The first-order chi connectivity index (χ1) is 15.7. The van der Waals surface area contributed by atoms with E-state index in [1.54, 1.807) is 37.3 Å². The minimum atomic E-state index is -0.271. The molecule has 5 nitrogen and oxygen atoms in total. The first-order valence-electron chi connectivity index (χ1n) is 10.9. The number of halogens is 4. The Morgan fingerprint density at radius 1 is 1.15 bits per heavy atom. The van der Waals surface area contributed by atoms with Gasteiger partial charge in [0.2, 0.25) is 0 Å². The molecule has 0 unspecified atom stereocenters. The van der Waals surface area contributed by atoms with Crippen molar-refractivity contribution < 1.29 is 13.7 Å². The molecule has 0 bridgehead atoms. The zero-order chi connectivity index (χ0) is 23.8. The summed E-state index contributed by atoms with van der Waals surface area (Å²) in [6.45, 7) is 1.69. The fraction of sp³-hybridized carbons (Fsp3) is 0.360. The van der Waals surface area contributed by atoms with Crippen LogP contribution in [-0.2, 0) is 5.54 Å². The van der Waals surface area contributed by atoms with Crippen LogP contribution in [0.1, 0.15) is 47.4 Å². The summed E-state index contributed by atoms with van der Waals surface area (Å²) in [6.07, 6.45) is 3.10. The number of carbonyl (C=O) groups excluding carboxylic acids is 1. The number of aryl methyl sites for hydroxylation is 1. The van der Waals surface area contributed by atoms with Crippen LogP contribution in [0.4, 0.5) is 4.39 Å². The Kier molecular flexibility index (Phi) is 8.30. The lowest BCUT2D eigenvalue weighted by atomic mass is 9.74. The third-order valence-electron chi connectivity index (χ3n) is 6.66. The molecule has 0 atom stereocenters. The highest BCUT2D eigenvalue weighted by Crippen LogP contribution is 2.42. The minimum absolute atomic E-state index is 0. The Morgan fingerprint density at radius 3 is 2.35 bits per heavy atom. The lowest BCUT2D eigenvalue weighted by Crippen LogP contribution is -2.48. The predicted molar refractivity (Wildman–Crippen MR) is 135 cm³/mol. The van der Waals surface area contributed by atoms with E-state index in [2.05, 4.69) is 15.4 Å². The van der Waals surface area contributed by atoms with E-state index in [1.165, 1.54) is 6.07 Å². The van der Waals surface area contributed by atoms with Gasteiger partial charge in [0.05, 0.1) is 10.0 Å². The first-order valence-corrected chi connectivity index (χ1v) is 11.6. The van der Waals surface area contributed by atoms with Crippen molar-refractivity contribution in [3.63, 3.8) is 0 Å². The molecule has 1 heterocycles. The molecule has 4 rings (SSSR count). The van der Waals surface area contributed by atoms with Crippen molar-refractivity contribution in [2.75, 3.05) is 14.1 Å². The van der Waals surface area contributed by atoms with Gasteiger partial charge in [-0.3, -0.25) is 9.69 Å². The second-order valence-corrected chi connectivity index (χ2v) is 9.56. The van der Waals surface area contributed by atoms with E-state index in [-0.39, 0.29) is 35.7 Å². The van der Waals surface area contributed by atoms with E-state index in [4.69, 9.17) is 27.7 Å². The summed E-state index contributed by atoms with van der Waals surface area (Å²) < 4.78 is 19.3. The summed E-state index contributed by atoms with van der Waals surface area (Å²) in [4.78, 5) is 15.4. The molecule has 3 aromatic rings. The summed E-state index contributed by atoms with van der Waals surface area (Å²) in [5.41, 5.74) is 1.83. The maximum atomic E-state index is 13.9. The normalized spacial score (nSPS) is 20.1. The molecule has 9 heteroatoms. The molecule has 0 radical (unpaired) electrons. The highest BCUT2D eigenvalue weighted by molar-refractivity contribution is 6.39. The fourth-order valence-corrected chi connectivity index (χ4v) is 5.38. The summed E-state index contributed by atoms with van der Waals surface area (Å²) in [5.74, 6) is -0.109. The molecule has 0 spiro atoms. The Morgan fingerprint density at radius 2 is 1.76 bits per heavy atom. The van der Waals surface area contributed by atoms with Gasteiger partial charge in [-0.05, 0) is 76.5 Å². The first kappa shape index (κ1) is 26.5. The van der Waals surface area contributed by atoms with E-state index >= 15 is 0 Å². The molecule has 1 aliphatic rings. The van der Waals surface area contributed by atoms with Crippen LogP contribution >= 0.6 is 35.6 Å². The second-order valence-electron chi connectivity index (χ2n) is 8.74. The predicted octanol–water partition coefficient (Wildman–Crippen LogP) is 6.65. The van der Waals surface area contributed by atoms with Gasteiger partial charge < -0.3 is 9.84 Å². The number of benzene rings is 2. The molecule has 2 aromatic carbocycles. The molecule has 0 aliphatic heterocycles. The number of hydrogen-bond donors (Lipinski definition) is 1. The zero-order valence-corrected chi connectivity index (χ0v) is 21.5. The van der Waals surface area contributed by atoms with Crippen LogP contribution in [0.5, 0.6) is 0 Å². The molecule has 1 fully saturated rings. The maximum Gasteiger partial charge on any atom is 0.257 e. The molecule has 0 saturated heterocycles. The summed E-state index contributed by atoms with van der Waals surface area (Å²) >= 11 is 12.7. The smallest absolute Gasteiger partial charge is 0.257 e. The van der Waals surface area contributed by atoms with Gasteiger partial charge in [0.25, 0.3) is 5.91 Å². The van der Waals surface area contributed by atoms with Crippen LogP contribution in [0.2, 0.25) is 10.0 Å². The standard InChI is InChI=1S/C25H26Cl2FN3O2.ClH/c1-15-21(23(30-33-15)22-19(26)8-5-9-20(22)27)24(32)29-18-10-12-25(13-11-18,31(2)3)16-6-4-7-17(28)14-16;/h4-9,14,18H,10-13H2,1-3H3,(H,29,32);1H. The van der Waals surface area contributed by atoms with Crippen LogP contribution in [-0.4, -0.2) is 36.1 Å². The monoisotopic (exact) mass is 525 g/mol. The van der Waals surface area contributed by atoms with E-state index in [9.17, 15) is 9.18 Å². The zero-order valence-electron chi connectivity index (χ0n) is 19.2. The van der Waals surface area contributed by atoms with Gasteiger partial charge in [-0.15, -0.1) is 12.4 Å². The highest BCUT2D eigenvalue weighted by Gasteiger charge is 2.39. The SMILES string of the molecule is Cc1onc(-c2c(Cl)cccc2Cl)c1C(=O)NC1CCC(c2cccc(F)c2)(N(C)C)CC1.Cl. The highest BCUT2D eigenvalue weighted by atomic mass is 35.5. The van der Waals surface area contributed by atoms with Crippen LogP contribution in [0.3, 0.4) is 0 Å². The topological polar surface area (TPSA) is 58.4 Å². The Hall–Kier alpha value is -2.12. The van der Waals surface area contributed by atoms with E-state index in [0.29, 0.717) is 32.6 Å². The molecule has 182 valence electrons. The minimum Gasteiger partial charge on any atom is -0.360 e. The summed E-state index contributed by atoms with van der Waals surface area (Å²) in [6, 6.07) is 11.9. The second kappa shape index (κ2) is 10.6. The average Bonchev–Trinajstić information content (AvgIpc) is 3.15. The van der Waals surface area contributed by atoms with Gasteiger partial charge in [0.1, 0.15) is 22.8 Å². The molecule has 34 heavy (non-hydrogen) atoms. The Balaban J connectivity index is 0.00000324. The van der Waals surface area contributed by atoms with E-state index in [0.717, 1.165) is 31.2 Å². The van der Waals surface area contributed by atoms with Crippen molar-refractivity contribution in [2.24, 2.45) is 0 Å². The van der Waals surface area contributed by atoms with Crippen molar-refractivity contribution in [3.05, 3.63) is 75.2 Å². The lowest BCUT2D eigenvalue weighted by molar-refractivity contribution is 0.0756. The molecule has 1 aromatic heterocycles. The average molecular weight is 527 g/mol. The number of amides is 1. The summed E-state index contributed by atoms with van der Waals surface area (Å²) in [7, 11) is 4.04. The number of hydrogen-bond acceptors (Lipinski definition) is 4. The van der Waals surface area contributed by atoms with Crippen molar-refractivity contribution in [2.45, 2.75) is 44.2 Å². The van der Waals surface area contributed by atoms with Crippen LogP contribution in [0.15, 0.2) is 47.0 Å². The van der Waals surface area contributed by atoms with E-state index < -0.39 is 0 Å². The number of carbonyl (C=O) groups is 1. The molecule has 1 amide bonds. The van der Waals surface area contributed by atoms with Gasteiger partial charge >= 0.3 is 0 Å². The number of aromatic nitrogens is 1. The molecular formula is C25H27Cl3FN3O2. The van der Waals surface area contributed by atoms with Crippen molar-refractivity contribution >= 4 is 41.5 Å². The fourth-order valence-electron chi connectivity index (χ4n) is 4.80. The quantitative estimate of drug-likeness (QED) is 0.404. The van der Waals surface area contributed by atoms with Crippen LogP contribution < -0.4 is 5.32 Å². The third-order valence-corrected chi connectivity index (χ3v) is 7.29. The molecule has 1 aliphatic carbocycles. The van der Waals surface area contributed by atoms with Crippen LogP contribution in [0.25, 0.3) is 11.3 Å². The van der Waals surface area contributed by atoms with Gasteiger partial charge in [-0.1, -0.05) is 46.6 Å². The number of rotatable bonds is 5. The molecular weight excluding hydrogens is 500 g/mol. The van der Waals surface area contributed by atoms with Gasteiger partial charge in [-0.25, -0.2) is 4.39 Å². The van der Waals surface area contributed by atoms with Crippen molar-refractivity contribution in [3.8, 4) is 11.3 Å². The molecule has 1 N–H and O–H groups in total. The molecule has 1 saturated carbocycles. The lowest BCUT2D eigenvalue weighted by Gasteiger charge is -2.45. The maximum absolute atomic E-state index is 13.9. The number of nitrogens with one attached hydrogen (secondary N) is 1.